The molecule has 29 heavy (non-hydrogen) atoms. The number of hydrogen-bond donors (Lipinski definition) is 2. The molecule has 0 unspecified atom stereocenters. The van der Waals surface area contributed by atoms with E-state index < -0.39 is 24.4 Å². The van der Waals surface area contributed by atoms with Gasteiger partial charge in [0.15, 0.2) is 6.61 Å². The van der Waals surface area contributed by atoms with Crippen molar-refractivity contribution < 1.29 is 19.1 Å². The third-order valence-corrected chi connectivity index (χ3v) is 6.13. The molecule has 1 aliphatic rings. The number of esters is 1. The molecule has 3 rings (SSSR count). The summed E-state index contributed by atoms with van der Waals surface area (Å²) < 4.78 is 5.11. The Morgan fingerprint density at radius 2 is 1.93 bits per heavy atom. The number of ether oxygens (including phenoxy) is 1. The summed E-state index contributed by atoms with van der Waals surface area (Å²) in [4.78, 5) is 39.4. The Labute approximate surface area is 173 Å². The third-order valence-electron chi connectivity index (χ3n) is 4.96. The molecular weight excluding hydrogens is 390 g/mol. The molecule has 7 nitrogen and oxygen atoms in total. The molecule has 1 aromatic heterocycles. The van der Waals surface area contributed by atoms with Crippen LogP contribution in [0.5, 0.6) is 0 Å². The number of thiophene rings is 1. The maximum absolute atomic E-state index is 12.3. The first-order chi connectivity index (χ1) is 13.8. The second kappa shape index (κ2) is 8.65. The largest absolute Gasteiger partial charge is 0.452 e. The van der Waals surface area contributed by atoms with Crippen LogP contribution in [0.1, 0.15) is 44.5 Å². The molecule has 8 heteroatoms. The number of primary amides is 1. The van der Waals surface area contributed by atoms with Gasteiger partial charge in [-0.05, 0) is 55.0 Å². The molecule has 1 aliphatic carbocycles. The third kappa shape index (κ3) is 4.76. The van der Waals surface area contributed by atoms with Crippen molar-refractivity contribution in [3.63, 3.8) is 0 Å². The van der Waals surface area contributed by atoms with Gasteiger partial charge in [0.2, 0.25) is 0 Å². The van der Waals surface area contributed by atoms with Gasteiger partial charge in [0.05, 0.1) is 11.1 Å². The minimum atomic E-state index is -0.583. The lowest BCUT2D eigenvalue weighted by Crippen LogP contribution is -2.23. The van der Waals surface area contributed by atoms with Crippen molar-refractivity contribution in [2.75, 3.05) is 30.9 Å². The van der Waals surface area contributed by atoms with E-state index in [9.17, 15) is 14.4 Å². The molecule has 2 aromatic rings. The van der Waals surface area contributed by atoms with E-state index >= 15 is 0 Å². The monoisotopic (exact) mass is 415 g/mol. The highest BCUT2D eigenvalue weighted by Crippen LogP contribution is 2.39. The van der Waals surface area contributed by atoms with E-state index in [4.69, 9.17) is 10.5 Å². The smallest absolute Gasteiger partial charge is 0.338 e. The van der Waals surface area contributed by atoms with Crippen LogP contribution in [-0.4, -0.2) is 38.5 Å². The van der Waals surface area contributed by atoms with Crippen LogP contribution in [0.25, 0.3) is 0 Å². The predicted octanol–water partition coefficient (Wildman–Crippen LogP) is 2.83. The van der Waals surface area contributed by atoms with Gasteiger partial charge >= 0.3 is 5.97 Å². The van der Waals surface area contributed by atoms with Gasteiger partial charge in [0, 0.05) is 24.7 Å². The molecule has 0 spiro atoms. The van der Waals surface area contributed by atoms with Gasteiger partial charge in [0.1, 0.15) is 5.00 Å². The van der Waals surface area contributed by atoms with Crippen LogP contribution < -0.4 is 16.0 Å². The molecule has 0 aliphatic heterocycles. The maximum Gasteiger partial charge on any atom is 0.338 e. The molecule has 0 saturated carbocycles. The van der Waals surface area contributed by atoms with E-state index in [2.05, 4.69) is 12.2 Å². The Hall–Kier alpha value is -2.87. The number of nitrogens with zero attached hydrogens (tertiary/aromatic N) is 1. The number of amides is 2. The Kier molecular flexibility index (Phi) is 6.22. The van der Waals surface area contributed by atoms with Gasteiger partial charge < -0.3 is 20.7 Å². The van der Waals surface area contributed by atoms with E-state index in [0.717, 1.165) is 35.4 Å². The van der Waals surface area contributed by atoms with E-state index in [1.165, 1.54) is 11.3 Å². The summed E-state index contributed by atoms with van der Waals surface area (Å²) in [6.45, 7) is 1.72. The summed E-state index contributed by atoms with van der Waals surface area (Å²) in [5, 5.41) is 3.13. The van der Waals surface area contributed by atoms with Crippen molar-refractivity contribution in [1.82, 2.24) is 0 Å². The summed E-state index contributed by atoms with van der Waals surface area (Å²) in [5.41, 5.74) is 8.19. The van der Waals surface area contributed by atoms with Gasteiger partial charge in [-0.15, -0.1) is 11.3 Å². The van der Waals surface area contributed by atoms with E-state index in [1.807, 2.05) is 19.0 Å². The summed E-state index contributed by atoms with van der Waals surface area (Å²) in [6, 6.07) is 6.89. The van der Waals surface area contributed by atoms with Crippen molar-refractivity contribution in [2.45, 2.75) is 26.2 Å². The fourth-order valence-corrected chi connectivity index (χ4v) is 4.80. The zero-order chi connectivity index (χ0) is 21.1. The fourth-order valence-electron chi connectivity index (χ4n) is 3.37. The molecule has 2 amide bonds. The number of hydrogen-bond acceptors (Lipinski definition) is 6. The van der Waals surface area contributed by atoms with Gasteiger partial charge in [-0.2, -0.15) is 0 Å². The number of anilines is 2. The van der Waals surface area contributed by atoms with Gasteiger partial charge in [0.25, 0.3) is 11.8 Å². The Morgan fingerprint density at radius 1 is 1.24 bits per heavy atom. The molecule has 0 bridgehead atoms. The second-order valence-corrected chi connectivity index (χ2v) is 8.59. The van der Waals surface area contributed by atoms with E-state index in [-0.39, 0.29) is 0 Å². The number of nitrogens with two attached hydrogens (primary N) is 1. The summed E-state index contributed by atoms with van der Waals surface area (Å²) in [5.74, 6) is -1.10. The zero-order valence-corrected chi connectivity index (χ0v) is 17.6. The molecule has 0 saturated heterocycles. The second-order valence-electron chi connectivity index (χ2n) is 7.49. The lowest BCUT2D eigenvalue weighted by Gasteiger charge is -2.18. The maximum atomic E-state index is 12.3. The van der Waals surface area contributed by atoms with Crippen molar-refractivity contribution in [3.05, 3.63) is 45.8 Å². The SMILES string of the molecule is C[C@H]1CCc2c(sc(NC(=O)COC(=O)c3ccc(N(C)C)cc3)c2C(N)=O)C1. The molecule has 1 heterocycles. The number of benzene rings is 1. The molecule has 1 aromatic carbocycles. The fraction of sp³-hybridized carbons (Fsp3) is 0.381. The van der Waals surface area contributed by atoms with E-state index in [1.54, 1.807) is 24.3 Å². The van der Waals surface area contributed by atoms with Crippen LogP contribution in [0.2, 0.25) is 0 Å². The normalized spacial score (nSPS) is 15.3. The highest BCUT2D eigenvalue weighted by molar-refractivity contribution is 7.17. The van der Waals surface area contributed by atoms with Crippen LogP contribution in [0.4, 0.5) is 10.7 Å². The zero-order valence-electron chi connectivity index (χ0n) is 16.8. The summed E-state index contributed by atoms with van der Waals surface area (Å²) in [6.07, 6.45) is 2.63. The van der Waals surface area contributed by atoms with Crippen LogP contribution in [0, 0.1) is 5.92 Å². The summed E-state index contributed by atoms with van der Waals surface area (Å²) >= 11 is 1.38. The van der Waals surface area contributed by atoms with Crippen LogP contribution >= 0.6 is 11.3 Å². The minimum Gasteiger partial charge on any atom is -0.452 e. The van der Waals surface area contributed by atoms with Crippen LogP contribution in [-0.2, 0) is 22.4 Å². The topological polar surface area (TPSA) is 102 Å². The number of fused-ring (bicyclic) bond motifs is 1. The quantitative estimate of drug-likeness (QED) is 0.707. The summed E-state index contributed by atoms with van der Waals surface area (Å²) in [7, 11) is 3.81. The number of carbonyl (C=O) groups is 3. The van der Waals surface area contributed by atoms with Gasteiger partial charge in [-0.3, -0.25) is 9.59 Å². The van der Waals surface area contributed by atoms with Crippen molar-refractivity contribution in [3.8, 4) is 0 Å². The lowest BCUT2D eigenvalue weighted by atomic mass is 9.88. The van der Waals surface area contributed by atoms with Crippen LogP contribution in [0.3, 0.4) is 0 Å². The molecule has 154 valence electrons. The standard InChI is InChI=1S/C21H25N3O4S/c1-12-4-9-15-16(10-12)29-20(18(15)19(22)26)23-17(25)11-28-21(27)13-5-7-14(8-6-13)24(2)3/h5-8,12H,4,9-11H2,1-3H3,(H2,22,26)(H,23,25)/t12-/m0/s1. The Morgan fingerprint density at radius 3 is 2.55 bits per heavy atom. The molecular formula is C21H25N3O4S. The van der Waals surface area contributed by atoms with Crippen molar-refractivity contribution in [1.29, 1.82) is 0 Å². The number of nitrogens with one attached hydrogen (secondary N) is 1. The minimum absolute atomic E-state index is 0.363. The average molecular weight is 416 g/mol. The first kappa shape index (κ1) is 20.9. The van der Waals surface area contributed by atoms with Crippen molar-refractivity contribution in [2.24, 2.45) is 11.7 Å². The number of rotatable bonds is 6. The molecule has 1 atom stereocenters. The highest BCUT2D eigenvalue weighted by Gasteiger charge is 2.27. The van der Waals surface area contributed by atoms with Gasteiger partial charge in [-0.25, -0.2) is 4.79 Å². The predicted molar refractivity (Wildman–Crippen MR) is 114 cm³/mol. The van der Waals surface area contributed by atoms with Crippen molar-refractivity contribution >= 4 is 39.8 Å². The average Bonchev–Trinajstić information content (AvgIpc) is 3.03. The van der Waals surface area contributed by atoms with E-state index in [0.29, 0.717) is 22.0 Å². The molecule has 3 N–H and O–H groups in total. The Bertz CT molecular complexity index is 934. The lowest BCUT2D eigenvalue weighted by molar-refractivity contribution is -0.119. The van der Waals surface area contributed by atoms with Crippen LogP contribution in [0.15, 0.2) is 24.3 Å². The first-order valence-electron chi connectivity index (χ1n) is 9.45. The Balaban J connectivity index is 1.64. The molecule has 0 radical (unpaired) electrons. The molecule has 0 fully saturated rings. The highest BCUT2D eigenvalue weighted by atomic mass is 32.1. The number of carbonyl (C=O) groups excluding carboxylic acids is 3. The van der Waals surface area contributed by atoms with Gasteiger partial charge in [-0.1, -0.05) is 6.92 Å². The first-order valence-corrected chi connectivity index (χ1v) is 10.3.